The minimum Gasteiger partial charge on any atom is -0.508 e. The molecule has 2 heterocycles. The Morgan fingerprint density at radius 2 is 1.29 bits per heavy atom. The Bertz CT molecular complexity index is 1180. The summed E-state index contributed by atoms with van der Waals surface area (Å²) in [5.41, 5.74) is 2.83. The Morgan fingerprint density at radius 3 is 1.81 bits per heavy atom. The number of carbonyl (C=O) groups excluding carboxylic acids is 1. The number of rotatable bonds is 2. The maximum absolute atomic E-state index is 13.0. The molecular weight excluding hydrogens is 392 g/mol. The summed E-state index contributed by atoms with van der Waals surface area (Å²) in [4.78, 5) is 13.0. The van der Waals surface area contributed by atoms with E-state index < -0.39 is 11.6 Å². The van der Waals surface area contributed by atoms with Crippen molar-refractivity contribution in [3.05, 3.63) is 81.9 Å². The van der Waals surface area contributed by atoms with Gasteiger partial charge in [0.25, 0.3) is 0 Å². The van der Waals surface area contributed by atoms with Crippen LogP contribution in [0, 0.1) is 0 Å². The SMILES string of the molecule is CC(C)c1cc2c(cc1O)Oc1cc(O)c(C(C)C)cc1C21OC(=O)c2ccccc21. The summed E-state index contributed by atoms with van der Waals surface area (Å²) < 4.78 is 12.3. The molecule has 1 spiro atoms. The van der Waals surface area contributed by atoms with Crippen LogP contribution < -0.4 is 4.74 Å². The molecule has 0 fully saturated rings. The molecule has 31 heavy (non-hydrogen) atoms. The highest BCUT2D eigenvalue weighted by atomic mass is 16.6. The van der Waals surface area contributed by atoms with Gasteiger partial charge in [0.1, 0.15) is 23.0 Å². The van der Waals surface area contributed by atoms with Gasteiger partial charge in [-0.25, -0.2) is 4.79 Å². The molecule has 0 saturated carbocycles. The van der Waals surface area contributed by atoms with Crippen molar-refractivity contribution in [1.82, 2.24) is 0 Å². The minimum atomic E-state index is -1.22. The zero-order valence-electron chi connectivity index (χ0n) is 17.9. The predicted octanol–water partition coefficient (Wildman–Crippen LogP) is 5.91. The van der Waals surface area contributed by atoms with Crippen molar-refractivity contribution in [2.75, 3.05) is 0 Å². The number of phenolic OH excluding ortho intramolecular Hbond substituents is 2. The van der Waals surface area contributed by atoms with Crippen LogP contribution >= 0.6 is 0 Å². The Labute approximate surface area is 180 Å². The quantitative estimate of drug-likeness (QED) is 0.508. The number of aromatic hydroxyl groups is 2. The fraction of sp³-hybridized carbons (Fsp3) is 0.269. The second-order valence-corrected chi connectivity index (χ2v) is 8.84. The van der Waals surface area contributed by atoms with E-state index in [1.54, 1.807) is 18.2 Å². The van der Waals surface area contributed by atoms with Gasteiger partial charge in [0.2, 0.25) is 0 Å². The highest BCUT2D eigenvalue weighted by Gasteiger charge is 2.54. The van der Waals surface area contributed by atoms with E-state index in [1.807, 2.05) is 58.0 Å². The molecule has 3 aromatic carbocycles. The number of ether oxygens (including phenoxy) is 2. The maximum Gasteiger partial charge on any atom is 0.340 e. The highest BCUT2D eigenvalue weighted by molar-refractivity contribution is 5.97. The number of fused-ring (bicyclic) bond motifs is 6. The molecule has 2 aliphatic heterocycles. The standard InChI is InChI=1S/C26H24O5/c1-13(2)16-9-19-23(11-21(16)27)30-24-12-22(28)17(14(3)4)10-20(24)26(19)18-8-6-5-7-15(18)25(29)31-26/h5-14,27-28H,1-4H3. The summed E-state index contributed by atoms with van der Waals surface area (Å²) in [7, 11) is 0. The average molecular weight is 416 g/mol. The Kier molecular flexibility index (Phi) is 4.09. The molecule has 3 aromatic rings. The summed E-state index contributed by atoms with van der Waals surface area (Å²) in [6.07, 6.45) is 0. The van der Waals surface area contributed by atoms with E-state index in [9.17, 15) is 15.0 Å². The van der Waals surface area contributed by atoms with E-state index in [-0.39, 0.29) is 23.3 Å². The van der Waals surface area contributed by atoms with E-state index in [1.165, 1.54) is 0 Å². The van der Waals surface area contributed by atoms with Crippen LogP contribution in [0.4, 0.5) is 0 Å². The van der Waals surface area contributed by atoms with Crippen LogP contribution in [-0.2, 0) is 10.3 Å². The molecule has 0 unspecified atom stereocenters. The Balaban J connectivity index is 1.91. The second-order valence-electron chi connectivity index (χ2n) is 8.84. The van der Waals surface area contributed by atoms with Crippen molar-refractivity contribution in [3.63, 3.8) is 0 Å². The van der Waals surface area contributed by atoms with Crippen LogP contribution in [-0.4, -0.2) is 16.2 Å². The monoisotopic (exact) mass is 416 g/mol. The molecule has 0 bridgehead atoms. The van der Waals surface area contributed by atoms with Crippen LogP contribution in [0.5, 0.6) is 23.0 Å². The lowest BCUT2D eigenvalue weighted by Gasteiger charge is -2.37. The van der Waals surface area contributed by atoms with Crippen LogP contribution in [0.25, 0.3) is 0 Å². The van der Waals surface area contributed by atoms with E-state index in [0.717, 1.165) is 16.7 Å². The van der Waals surface area contributed by atoms with Crippen molar-refractivity contribution in [1.29, 1.82) is 0 Å². The Morgan fingerprint density at radius 1 is 0.774 bits per heavy atom. The molecule has 2 aliphatic rings. The number of hydrogen-bond acceptors (Lipinski definition) is 5. The molecule has 0 radical (unpaired) electrons. The van der Waals surface area contributed by atoms with E-state index in [2.05, 4.69) is 0 Å². The Hall–Kier alpha value is -3.47. The third-order valence-electron chi connectivity index (χ3n) is 6.25. The molecular formula is C26H24O5. The minimum absolute atomic E-state index is 0.0575. The summed E-state index contributed by atoms with van der Waals surface area (Å²) in [5, 5.41) is 21.2. The van der Waals surface area contributed by atoms with Crippen LogP contribution in [0.1, 0.15) is 77.7 Å². The number of esters is 1. The van der Waals surface area contributed by atoms with Crippen LogP contribution in [0.2, 0.25) is 0 Å². The van der Waals surface area contributed by atoms with Crippen molar-refractivity contribution in [3.8, 4) is 23.0 Å². The topological polar surface area (TPSA) is 76.0 Å². The largest absolute Gasteiger partial charge is 0.508 e. The summed E-state index contributed by atoms with van der Waals surface area (Å²) in [6, 6.07) is 14.2. The van der Waals surface area contributed by atoms with Gasteiger partial charge in [0.05, 0.1) is 5.56 Å². The first-order chi connectivity index (χ1) is 14.7. The summed E-state index contributed by atoms with van der Waals surface area (Å²) >= 11 is 0. The van der Waals surface area contributed by atoms with Crippen molar-refractivity contribution in [2.45, 2.75) is 45.1 Å². The van der Waals surface area contributed by atoms with E-state index in [4.69, 9.17) is 9.47 Å². The molecule has 0 aliphatic carbocycles. The third-order valence-corrected chi connectivity index (χ3v) is 6.25. The van der Waals surface area contributed by atoms with Gasteiger partial charge in [-0.2, -0.15) is 0 Å². The van der Waals surface area contributed by atoms with E-state index in [0.29, 0.717) is 28.2 Å². The number of benzene rings is 3. The first-order valence-electron chi connectivity index (χ1n) is 10.5. The predicted molar refractivity (Wildman–Crippen MR) is 116 cm³/mol. The molecule has 5 rings (SSSR count). The van der Waals surface area contributed by atoms with Gasteiger partial charge >= 0.3 is 5.97 Å². The van der Waals surface area contributed by atoms with Crippen molar-refractivity contribution in [2.24, 2.45) is 0 Å². The smallest absolute Gasteiger partial charge is 0.340 e. The van der Waals surface area contributed by atoms with Gasteiger partial charge in [-0.1, -0.05) is 45.9 Å². The van der Waals surface area contributed by atoms with Gasteiger partial charge < -0.3 is 19.7 Å². The molecule has 0 aromatic heterocycles. The van der Waals surface area contributed by atoms with Crippen LogP contribution in [0.15, 0.2) is 48.5 Å². The summed E-state index contributed by atoms with van der Waals surface area (Å²) in [6.45, 7) is 7.98. The third kappa shape index (κ3) is 2.59. The average Bonchev–Trinajstić information content (AvgIpc) is 3.00. The maximum atomic E-state index is 13.0. The lowest BCUT2D eigenvalue weighted by molar-refractivity contribution is 0.0223. The molecule has 158 valence electrons. The molecule has 0 amide bonds. The van der Waals surface area contributed by atoms with Gasteiger partial charge in [0.15, 0.2) is 5.60 Å². The number of phenols is 2. The van der Waals surface area contributed by atoms with E-state index >= 15 is 0 Å². The highest BCUT2D eigenvalue weighted by Crippen LogP contribution is 2.58. The van der Waals surface area contributed by atoms with Gasteiger partial charge in [-0.15, -0.1) is 0 Å². The first-order valence-corrected chi connectivity index (χ1v) is 10.5. The van der Waals surface area contributed by atoms with Gasteiger partial charge in [0, 0.05) is 28.8 Å². The van der Waals surface area contributed by atoms with Crippen molar-refractivity contribution < 1.29 is 24.5 Å². The molecule has 2 N–H and O–H groups in total. The first kappa shape index (κ1) is 19.5. The zero-order valence-corrected chi connectivity index (χ0v) is 17.9. The normalized spacial score (nSPS) is 15.5. The number of hydrogen-bond donors (Lipinski definition) is 2. The van der Waals surface area contributed by atoms with Gasteiger partial charge in [-0.05, 0) is 41.2 Å². The lowest BCUT2D eigenvalue weighted by Crippen LogP contribution is -2.33. The molecule has 0 atom stereocenters. The second kappa shape index (κ2) is 6.51. The fourth-order valence-electron chi connectivity index (χ4n) is 4.70. The zero-order chi connectivity index (χ0) is 22.1. The van der Waals surface area contributed by atoms with Gasteiger partial charge in [-0.3, -0.25) is 0 Å². The molecule has 5 nitrogen and oxygen atoms in total. The number of carbonyl (C=O) groups is 1. The van der Waals surface area contributed by atoms with Crippen LogP contribution in [0.3, 0.4) is 0 Å². The molecule has 0 saturated heterocycles. The van der Waals surface area contributed by atoms with Crippen molar-refractivity contribution >= 4 is 5.97 Å². The lowest BCUT2D eigenvalue weighted by atomic mass is 9.75. The fourth-order valence-corrected chi connectivity index (χ4v) is 4.70. The molecule has 5 heteroatoms. The summed E-state index contributed by atoms with van der Waals surface area (Å²) in [5.74, 6) is 0.740.